The van der Waals surface area contributed by atoms with Gasteiger partial charge in [0.15, 0.2) is 5.96 Å². The highest BCUT2D eigenvalue weighted by atomic mass is 127. The Morgan fingerprint density at radius 2 is 2.16 bits per heavy atom. The van der Waals surface area contributed by atoms with Gasteiger partial charge in [0.05, 0.1) is 19.3 Å². The second-order valence-corrected chi connectivity index (χ2v) is 6.71. The van der Waals surface area contributed by atoms with Crippen LogP contribution < -0.4 is 5.32 Å². The molecule has 2 aliphatic rings. The molecule has 2 saturated heterocycles. The number of aromatic nitrogens is 2. The second-order valence-electron chi connectivity index (χ2n) is 6.71. The number of hydrogen-bond donors (Lipinski definition) is 1. The minimum Gasteiger partial charge on any atom is -0.381 e. The Hall–Kier alpha value is -0.870. The first-order chi connectivity index (χ1) is 11.7. The van der Waals surface area contributed by atoms with Gasteiger partial charge in [0.1, 0.15) is 0 Å². The largest absolute Gasteiger partial charge is 0.381 e. The van der Waals surface area contributed by atoms with Crippen LogP contribution in [0.2, 0.25) is 0 Å². The van der Waals surface area contributed by atoms with Gasteiger partial charge in [-0.2, -0.15) is 5.10 Å². The lowest BCUT2D eigenvalue weighted by Gasteiger charge is -2.37. The molecular weight excluding hydrogens is 431 g/mol. The van der Waals surface area contributed by atoms with Gasteiger partial charge in [0, 0.05) is 64.7 Å². The Balaban J connectivity index is 0.00000225. The van der Waals surface area contributed by atoms with Crippen LogP contribution in [0.15, 0.2) is 17.4 Å². The van der Waals surface area contributed by atoms with Gasteiger partial charge in [0.2, 0.25) is 0 Å². The van der Waals surface area contributed by atoms with Gasteiger partial charge in [-0.25, -0.2) is 4.99 Å². The van der Waals surface area contributed by atoms with Crippen LogP contribution in [-0.4, -0.2) is 78.0 Å². The van der Waals surface area contributed by atoms with E-state index < -0.39 is 0 Å². The third-order valence-electron chi connectivity index (χ3n) is 4.72. The van der Waals surface area contributed by atoms with Crippen LogP contribution in [0.5, 0.6) is 0 Å². The number of piperazine rings is 1. The molecule has 3 heterocycles. The van der Waals surface area contributed by atoms with E-state index in [0.29, 0.717) is 6.54 Å². The van der Waals surface area contributed by atoms with Crippen molar-refractivity contribution in [2.24, 2.45) is 18.0 Å². The van der Waals surface area contributed by atoms with Crippen molar-refractivity contribution in [2.75, 3.05) is 52.5 Å². The third kappa shape index (κ3) is 6.10. The monoisotopic (exact) mass is 462 g/mol. The zero-order chi connectivity index (χ0) is 16.8. The van der Waals surface area contributed by atoms with E-state index in [9.17, 15) is 0 Å². The Labute approximate surface area is 167 Å². The maximum atomic E-state index is 5.49. The number of aryl methyl sites for hydroxylation is 1. The van der Waals surface area contributed by atoms with Crippen molar-refractivity contribution in [3.8, 4) is 0 Å². The molecule has 142 valence electrons. The van der Waals surface area contributed by atoms with Crippen molar-refractivity contribution in [3.63, 3.8) is 0 Å². The lowest BCUT2D eigenvalue weighted by molar-refractivity contribution is 0.139. The van der Waals surface area contributed by atoms with Gasteiger partial charge < -0.3 is 15.0 Å². The molecule has 0 aliphatic carbocycles. The number of hydrogen-bond acceptors (Lipinski definition) is 4. The van der Waals surface area contributed by atoms with Crippen LogP contribution >= 0.6 is 24.0 Å². The summed E-state index contributed by atoms with van der Waals surface area (Å²) in [5.41, 5.74) is 1.15. The summed E-state index contributed by atoms with van der Waals surface area (Å²) in [6.45, 7) is 11.0. The average molecular weight is 462 g/mol. The molecule has 8 heteroatoms. The first kappa shape index (κ1) is 20.4. The van der Waals surface area contributed by atoms with Crippen molar-refractivity contribution in [2.45, 2.75) is 19.9 Å². The fraction of sp³-hybridized carbons (Fsp3) is 0.765. The summed E-state index contributed by atoms with van der Waals surface area (Å²) in [4.78, 5) is 9.74. The quantitative estimate of drug-likeness (QED) is 0.405. The molecule has 0 aromatic carbocycles. The zero-order valence-corrected chi connectivity index (χ0v) is 17.7. The molecule has 1 unspecified atom stereocenters. The van der Waals surface area contributed by atoms with Crippen LogP contribution in [0.3, 0.4) is 0 Å². The Morgan fingerprint density at radius 1 is 1.36 bits per heavy atom. The van der Waals surface area contributed by atoms with Crippen LogP contribution in [-0.2, 0) is 18.3 Å². The SMILES string of the molecule is CCNC(=NCc1cnn(C)c1)N1CCN(CC2CCOC2)CC1.I. The van der Waals surface area contributed by atoms with Gasteiger partial charge >= 0.3 is 0 Å². The molecular formula is C17H31IN6O. The molecule has 25 heavy (non-hydrogen) atoms. The maximum Gasteiger partial charge on any atom is 0.194 e. The van der Waals surface area contributed by atoms with Crippen LogP contribution in [0.4, 0.5) is 0 Å². The van der Waals surface area contributed by atoms with E-state index in [2.05, 4.69) is 27.1 Å². The predicted molar refractivity (Wildman–Crippen MR) is 110 cm³/mol. The molecule has 1 aromatic rings. The van der Waals surface area contributed by atoms with Crippen molar-refractivity contribution >= 4 is 29.9 Å². The van der Waals surface area contributed by atoms with Crippen LogP contribution in [0, 0.1) is 5.92 Å². The number of rotatable bonds is 5. The number of aliphatic imine (C=N–C) groups is 1. The van der Waals surface area contributed by atoms with Crippen molar-refractivity contribution < 1.29 is 4.74 Å². The summed E-state index contributed by atoms with van der Waals surface area (Å²) in [7, 11) is 1.94. The number of nitrogens with zero attached hydrogens (tertiary/aromatic N) is 5. The van der Waals surface area contributed by atoms with Gasteiger partial charge in [-0.1, -0.05) is 0 Å². The van der Waals surface area contributed by atoms with E-state index in [1.807, 2.05) is 24.1 Å². The van der Waals surface area contributed by atoms with Gasteiger partial charge in [-0.05, 0) is 19.3 Å². The zero-order valence-electron chi connectivity index (χ0n) is 15.4. The number of ether oxygens (including phenoxy) is 1. The summed E-state index contributed by atoms with van der Waals surface area (Å²) in [5.74, 6) is 1.74. The average Bonchev–Trinajstić information content (AvgIpc) is 3.24. The topological polar surface area (TPSA) is 57.9 Å². The molecule has 0 spiro atoms. The Bertz CT molecular complexity index is 535. The standard InChI is InChI=1S/C17H30N6O.HI/c1-3-18-17(19-10-16-11-20-21(2)12-16)23-7-5-22(6-8-23)13-15-4-9-24-14-15;/h11-12,15H,3-10,13-14H2,1-2H3,(H,18,19);1H. The normalized spacial score (nSPS) is 22.1. The first-order valence-electron chi connectivity index (χ1n) is 9.05. The highest BCUT2D eigenvalue weighted by Crippen LogP contribution is 2.15. The molecule has 1 atom stereocenters. The number of nitrogens with one attached hydrogen (secondary N) is 1. The van der Waals surface area contributed by atoms with Gasteiger partial charge in [0.25, 0.3) is 0 Å². The van der Waals surface area contributed by atoms with E-state index in [1.165, 1.54) is 13.0 Å². The third-order valence-corrected chi connectivity index (χ3v) is 4.72. The summed E-state index contributed by atoms with van der Waals surface area (Å²) in [5, 5.41) is 7.64. The maximum absolute atomic E-state index is 5.49. The summed E-state index contributed by atoms with van der Waals surface area (Å²) in [6, 6.07) is 0. The summed E-state index contributed by atoms with van der Waals surface area (Å²) >= 11 is 0. The molecule has 1 aromatic heterocycles. The van der Waals surface area contributed by atoms with Gasteiger partial charge in [-0.3, -0.25) is 9.58 Å². The minimum absolute atomic E-state index is 0. The van der Waals surface area contributed by atoms with E-state index in [0.717, 1.165) is 63.4 Å². The first-order valence-corrected chi connectivity index (χ1v) is 9.05. The van der Waals surface area contributed by atoms with Gasteiger partial charge in [-0.15, -0.1) is 24.0 Å². The molecule has 2 fully saturated rings. The molecule has 1 N–H and O–H groups in total. The molecule has 0 bridgehead atoms. The number of halogens is 1. The fourth-order valence-electron chi connectivity index (χ4n) is 3.38. The molecule has 7 nitrogen and oxygen atoms in total. The summed E-state index contributed by atoms with van der Waals surface area (Å²) in [6.07, 6.45) is 5.12. The molecule has 0 radical (unpaired) electrons. The van der Waals surface area contributed by atoms with Crippen LogP contribution in [0.25, 0.3) is 0 Å². The lowest BCUT2D eigenvalue weighted by atomic mass is 10.1. The van der Waals surface area contributed by atoms with Crippen molar-refractivity contribution in [1.29, 1.82) is 0 Å². The van der Waals surface area contributed by atoms with E-state index in [4.69, 9.17) is 9.73 Å². The lowest BCUT2D eigenvalue weighted by Crippen LogP contribution is -2.53. The van der Waals surface area contributed by atoms with Crippen LogP contribution in [0.1, 0.15) is 18.9 Å². The highest BCUT2D eigenvalue weighted by Gasteiger charge is 2.23. The predicted octanol–water partition coefficient (Wildman–Crippen LogP) is 1.16. The summed E-state index contributed by atoms with van der Waals surface area (Å²) < 4.78 is 7.32. The Kier molecular flexibility index (Phi) is 8.44. The molecule has 0 amide bonds. The highest BCUT2D eigenvalue weighted by molar-refractivity contribution is 14.0. The minimum atomic E-state index is 0. The molecule has 3 rings (SSSR count). The fourth-order valence-corrected chi connectivity index (χ4v) is 3.38. The van der Waals surface area contributed by atoms with E-state index >= 15 is 0 Å². The smallest absolute Gasteiger partial charge is 0.194 e. The second kappa shape index (κ2) is 10.3. The molecule has 0 saturated carbocycles. The van der Waals surface area contributed by atoms with E-state index in [1.54, 1.807) is 0 Å². The Morgan fingerprint density at radius 3 is 2.76 bits per heavy atom. The van der Waals surface area contributed by atoms with E-state index in [-0.39, 0.29) is 24.0 Å². The number of guanidine groups is 1. The molecule has 2 aliphatic heterocycles. The van der Waals surface area contributed by atoms with Crippen molar-refractivity contribution in [1.82, 2.24) is 24.9 Å². The van der Waals surface area contributed by atoms with Crippen molar-refractivity contribution in [3.05, 3.63) is 18.0 Å².